The lowest BCUT2D eigenvalue weighted by atomic mass is 10.0. The lowest BCUT2D eigenvalue weighted by Gasteiger charge is -2.14. The van der Waals surface area contributed by atoms with Gasteiger partial charge in [0.05, 0.1) is 26.8 Å². The number of ether oxygens (including phenoxy) is 3. The molecule has 0 unspecified atom stereocenters. The van der Waals surface area contributed by atoms with Crippen LogP contribution in [-0.2, 0) is 0 Å². The Morgan fingerprint density at radius 1 is 0.724 bits per heavy atom. The Labute approximate surface area is 169 Å². The van der Waals surface area contributed by atoms with Gasteiger partial charge < -0.3 is 19.5 Å². The maximum absolute atomic E-state index is 5.52. The first-order chi connectivity index (χ1) is 14.2. The molecule has 0 aliphatic heterocycles. The summed E-state index contributed by atoms with van der Waals surface area (Å²) in [7, 11) is 4.92. The average molecular weight is 386 g/mol. The van der Waals surface area contributed by atoms with E-state index < -0.39 is 0 Å². The SMILES string of the molecule is COc1cc(Nc2ccnc3cc(OC)c(OC)cc23)cc(-c2ccccc2)c1. The van der Waals surface area contributed by atoms with Crippen LogP contribution in [0, 0.1) is 0 Å². The molecule has 5 heteroatoms. The monoisotopic (exact) mass is 386 g/mol. The Morgan fingerprint density at radius 3 is 2.21 bits per heavy atom. The van der Waals surface area contributed by atoms with Gasteiger partial charge >= 0.3 is 0 Å². The second kappa shape index (κ2) is 8.10. The molecule has 0 spiro atoms. The van der Waals surface area contributed by atoms with Crippen molar-refractivity contribution in [2.45, 2.75) is 0 Å². The van der Waals surface area contributed by atoms with Crippen LogP contribution in [0.25, 0.3) is 22.0 Å². The van der Waals surface area contributed by atoms with Crippen molar-refractivity contribution >= 4 is 22.3 Å². The Balaban J connectivity index is 1.78. The van der Waals surface area contributed by atoms with E-state index in [4.69, 9.17) is 14.2 Å². The van der Waals surface area contributed by atoms with E-state index in [0.29, 0.717) is 11.5 Å². The standard InChI is InChI=1S/C24H22N2O3/c1-27-19-12-17(16-7-5-4-6-8-16)11-18(13-19)26-21-9-10-25-22-15-24(29-3)23(28-2)14-20(21)22/h4-15H,1-3H3,(H,25,26). The van der Waals surface area contributed by atoms with Gasteiger partial charge in [0.25, 0.3) is 0 Å². The van der Waals surface area contributed by atoms with E-state index in [-0.39, 0.29) is 0 Å². The fourth-order valence-electron chi connectivity index (χ4n) is 3.32. The number of benzene rings is 3. The van der Waals surface area contributed by atoms with E-state index in [9.17, 15) is 0 Å². The summed E-state index contributed by atoms with van der Waals surface area (Å²) < 4.78 is 16.4. The summed E-state index contributed by atoms with van der Waals surface area (Å²) in [6.07, 6.45) is 1.77. The smallest absolute Gasteiger partial charge is 0.162 e. The predicted octanol–water partition coefficient (Wildman–Crippen LogP) is 5.67. The molecule has 1 heterocycles. The summed E-state index contributed by atoms with van der Waals surface area (Å²) in [4.78, 5) is 4.47. The van der Waals surface area contributed by atoms with Gasteiger partial charge in [0.15, 0.2) is 11.5 Å². The van der Waals surface area contributed by atoms with E-state index >= 15 is 0 Å². The topological polar surface area (TPSA) is 52.6 Å². The number of hydrogen-bond donors (Lipinski definition) is 1. The van der Waals surface area contributed by atoms with Crippen molar-refractivity contribution < 1.29 is 14.2 Å². The summed E-state index contributed by atoms with van der Waals surface area (Å²) in [5.74, 6) is 2.09. The molecule has 0 atom stereocenters. The van der Waals surface area contributed by atoms with Crippen LogP contribution in [0.4, 0.5) is 11.4 Å². The van der Waals surface area contributed by atoms with Crippen molar-refractivity contribution in [3.8, 4) is 28.4 Å². The van der Waals surface area contributed by atoms with Crippen LogP contribution in [0.15, 0.2) is 72.9 Å². The van der Waals surface area contributed by atoms with Crippen LogP contribution in [-0.4, -0.2) is 26.3 Å². The van der Waals surface area contributed by atoms with Gasteiger partial charge in [-0.05, 0) is 35.4 Å². The number of methoxy groups -OCH3 is 3. The highest BCUT2D eigenvalue weighted by Crippen LogP contribution is 2.36. The van der Waals surface area contributed by atoms with Crippen LogP contribution in [0.1, 0.15) is 0 Å². The first kappa shape index (κ1) is 18.6. The van der Waals surface area contributed by atoms with Gasteiger partial charge in [0.1, 0.15) is 5.75 Å². The molecule has 0 bridgehead atoms. The third kappa shape index (κ3) is 3.80. The lowest BCUT2D eigenvalue weighted by molar-refractivity contribution is 0.356. The van der Waals surface area contributed by atoms with Crippen molar-refractivity contribution in [1.29, 1.82) is 0 Å². The number of hydrogen-bond acceptors (Lipinski definition) is 5. The molecule has 1 aromatic heterocycles. The van der Waals surface area contributed by atoms with Gasteiger partial charge in [-0.1, -0.05) is 30.3 Å². The summed E-state index contributed by atoms with van der Waals surface area (Å²) in [6.45, 7) is 0. The van der Waals surface area contributed by atoms with Crippen LogP contribution in [0.5, 0.6) is 17.2 Å². The highest BCUT2D eigenvalue weighted by molar-refractivity contribution is 5.95. The molecular weight excluding hydrogens is 364 g/mol. The lowest BCUT2D eigenvalue weighted by Crippen LogP contribution is -1.96. The molecule has 3 aromatic carbocycles. The van der Waals surface area contributed by atoms with Crippen molar-refractivity contribution in [3.05, 3.63) is 72.9 Å². The van der Waals surface area contributed by atoms with E-state index in [1.807, 2.05) is 48.5 Å². The molecule has 0 fully saturated rings. The fraction of sp³-hybridized carbons (Fsp3) is 0.125. The number of nitrogens with one attached hydrogen (secondary N) is 1. The molecule has 4 aromatic rings. The number of nitrogens with zero attached hydrogens (tertiary/aromatic N) is 1. The highest BCUT2D eigenvalue weighted by Gasteiger charge is 2.11. The first-order valence-corrected chi connectivity index (χ1v) is 9.24. The third-order valence-electron chi connectivity index (χ3n) is 4.78. The minimum atomic E-state index is 0.650. The normalized spacial score (nSPS) is 10.6. The summed E-state index contributed by atoms with van der Waals surface area (Å²) in [5.41, 5.74) is 4.86. The number of fused-ring (bicyclic) bond motifs is 1. The zero-order valence-corrected chi connectivity index (χ0v) is 16.6. The molecule has 0 aliphatic carbocycles. The fourth-order valence-corrected chi connectivity index (χ4v) is 3.32. The van der Waals surface area contributed by atoms with Crippen LogP contribution in [0.3, 0.4) is 0 Å². The number of aromatic nitrogens is 1. The maximum atomic E-state index is 5.52. The molecule has 5 nitrogen and oxygen atoms in total. The highest BCUT2D eigenvalue weighted by atomic mass is 16.5. The molecule has 146 valence electrons. The van der Waals surface area contributed by atoms with E-state index in [0.717, 1.165) is 39.2 Å². The second-order valence-corrected chi connectivity index (χ2v) is 6.52. The molecule has 0 aliphatic rings. The van der Waals surface area contributed by atoms with Crippen LogP contribution in [0.2, 0.25) is 0 Å². The summed E-state index contributed by atoms with van der Waals surface area (Å²) >= 11 is 0. The molecule has 1 N–H and O–H groups in total. The first-order valence-electron chi connectivity index (χ1n) is 9.24. The largest absolute Gasteiger partial charge is 0.497 e. The van der Waals surface area contributed by atoms with Gasteiger partial charge in [-0.25, -0.2) is 0 Å². The molecule has 29 heavy (non-hydrogen) atoms. The van der Waals surface area contributed by atoms with Gasteiger partial charge in [-0.15, -0.1) is 0 Å². The summed E-state index contributed by atoms with van der Waals surface area (Å²) in [6, 6.07) is 22.1. The van der Waals surface area contributed by atoms with Gasteiger partial charge in [-0.3, -0.25) is 4.98 Å². The molecular formula is C24H22N2O3. The van der Waals surface area contributed by atoms with Gasteiger partial charge in [0, 0.05) is 35.1 Å². The van der Waals surface area contributed by atoms with Crippen molar-refractivity contribution in [3.63, 3.8) is 0 Å². The maximum Gasteiger partial charge on any atom is 0.162 e. The van der Waals surface area contributed by atoms with Crippen LogP contribution < -0.4 is 19.5 Å². The van der Waals surface area contributed by atoms with Gasteiger partial charge in [-0.2, -0.15) is 0 Å². The minimum Gasteiger partial charge on any atom is -0.497 e. The zero-order valence-electron chi connectivity index (χ0n) is 16.6. The zero-order chi connectivity index (χ0) is 20.2. The van der Waals surface area contributed by atoms with Crippen molar-refractivity contribution in [2.24, 2.45) is 0 Å². The quantitative estimate of drug-likeness (QED) is 0.463. The molecule has 0 saturated carbocycles. The number of pyridine rings is 1. The van der Waals surface area contributed by atoms with Crippen molar-refractivity contribution in [2.75, 3.05) is 26.6 Å². The van der Waals surface area contributed by atoms with Crippen LogP contribution >= 0.6 is 0 Å². The van der Waals surface area contributed by atoms with Crippen molar-refractivity contribution in [1.82, 2.24) is 4.98 Å². The van der Waals surface area contributed by atoms with Gasteiger partial charge in [0.2, 0.25) is 0 Å². The molecule has 4 rings (SSSR count). The number of anilines is 2. The van der Waals surface area contributed by atoms with E-state index in [1.165, 1.54) is 0 Å². The molecule has 0 radical (unpaired) electrons. The summed E-state index contributed by atoms with van der Waals surface area (Å²) in [5, 5.41) is 4.44. The predicted molar refractivity (Wildman–Crippen MR) is 117 cm³/mol. The minimum absolute atomic E-state index is 0.650. The Hall–Kier alpha value is -3.73. The third-order valence-corrected chi connectivity index (χ3v) is 4.78. The Morgan fingerprint density at radius 2 is 1.48 bits per heavy atom. The van der Waals surface area contributed by atoms with E-state index in [1.54, 1.807) is 27.5 Å². The van der Waals surface area contributed by atoms with E-state index in [2.05, 4.69) is 28.5 Å². The molecule has 0 saturated heterocycles. The average Bonchev–Trinajstić information content (AvgIpc) is 2.78. The molecule has 0 amide bonds. The number of rotatable bonds is 6. The Kier molecular flexibility index (Phi) is 5.20. The second-order valence-electron chi connectivity index (χ2n) is 6.52. The Bertz CT molecular complexity index is 1140.